The van der Waals surface area contributed by atoms with Crippen LogP contribution in [-0.4, -0.2) is 21.0 Å². The third-order valence-electron chi connectivity index (χ3n) is 3.21. The van der Waals surface area contributed by atoms with Gasteiger partial charge in [0.1, 0.15) is 4.21 Å². The molecule has 2 rings (SSSR count). The van der Waals surface area contributed by atoms with E-state index in [1.807, 2.05) is 19.2 Å². The highest BCUT2D eigenvalue weighted by atomic mass is 32.2. The molecule has 1 aliphatic carbocycles. The summed E-state index contributed by atoms with van der Waals surface area (Å²) in [6.45, 7) is 5.59. The molecular formula is C13H22N2O2S2. The van der Waals surface area contributed by atoms with Gasteiger partial charge in [0.2, 0.25) is 10.0 Å². The van der Waals surface area contributed by atoms with Crippen LogP contribution in [-0.2, 0) is 16.6 Å². The van der Waals surface area contributed by atoms with Gasteiger partial charge in [-0.15, -0.1) is 11.3 Å². The summed E-state index contributed by atoms with van der Waals surface area (Å²) in [5.41, 5.74) is 1.03. The minimum atomic E-state index is -3.34. The lowest BCUT2D eigenvalue weighted by atomic mass is 10.2. The fraction of sp³-hybridized carbons (Fsp3) is 0.692. The number of hydrogen-bond donors (Lipinski definition) is 2. The van der Waals surface area contributed by atoms with Gasteiger partial charge in [0.05, 0.1) is 0 Å². The zero-order valence-electron chi connectivity index (χ0n) is 11.5. The van der Waals surface area contributed by atoms with Gasteiger partial charge in [-0.05, 0) is 42.8 Å². The molecule has 0 amide bonds. The van der Waals surface area contributed by atoms with E-state index in [-0.39, 0.29) is 6.04 Å². The van der Waals surface area contributed by atoms with Crippen molar-refractivity contribution in [3.8, 4) is 0 Å². The van der Waals surface area contributed by atoms with Crippen LogP contribution in [0.4, 0.5) is 0 Å². The van der Waals surface area contributed by atoms with E-state index in [4.69, 9.17) is 0 Å². The number of sulfonamides is 1. The molecule has 0 aliphatic heterocycles. The zero-order chi connectivity index (χ0) is 13.9. The van der Waals surface area contributed by atoms with Crippen molar-refractivity contribution in [2.75, 3.05) is 6.54 Å². The number of thiophene rings is 1. The Kier molecular flexibility index (Phi) is 5.00. The third-order valence-corrected chi connectivity index (χ3v) is 6.29. The first-order chi connectivity index (χ1) is 9.01. The number of rotatable bonds is 8. The smallest absolute Gasteiger partial charge is 0.250 e. The molecule has 4 nitrogen and oxygen atoms in total. The molecule has 0 radical (unpaired) electrons. The Morgan fingerprint density at radius 3 is 2.84 bits per heavy atom. The summed E-state index contributed by atoms with van der Waals surface area (Å²) in [6.07, 6.45) is 3.45. The lowest BCUT2D eigenvalue weighted by Crippen LogP contribution is -2.32. The van der Waals surface area contributed by atoms with Crippen LogP contribution in [0, 0.1) is 5.92 Å². The van der Waals surface area contributed by atoms with Crippen molar-refractivity contribution in [3.63, 3.8) is 0 Å². The molecule has 1 aromatic heterocycles. The summed E-state index contributed by atoms with van der Waals surface area (Å²) in [6, 6.07) is 1.79. The summed E-state index contributed by atoms with van der Waals surface area (Å²) < 4.78 is 27.6. The Labute approximate surface area is 119 Å². The van der Waals surface area contributed by atoms with E-state index >= 15 is 0 Å². The van der Waals surface area contributed by atoms with Crippen molar-refractivity contribution in [3.05, 3.63) is 17.0 Å². The Balaban J connectivity index is 1.95. The van der Waals surface area contributed by atoms with Crippen LogP contribution in [0.1, 0.15) is 38.7 Å². The van der Waals surface area contributed by atoms with Crippen LogP contribution in [0.5, 0.6) is 0 Å². The minimum absolute atomic E-state index is 0.0248. The van der Waals surface area contributed by atoms with Crippen molar-refractivity contribution in [1.82, 2.24) is 10.0 Å². The summed E-state index contributed by atoms with van der Waals surface area (Å²) >= 11 is 1.29. The van der Waals surface area contributed by atoms with Gasteiger partial charge in [0.25, 0.3) is 0 Å². The molecule has 1 aliphatic rings. The first-order valence-corrected chi connectivity index (χ1v) is 9.18. The predicted octanol–water partition coefficient (Wildman–Crippen LogP) is 2.32. The van der Waals surface area contributed by atoms with E-state index in [0.717, 1.165) is 31.0 Å². The van der Waals surface area contributed by atoms with E-state index in [2.05, 4.69) is 10.0 Å². The lowest BCUT2D eigenvalue weighted by Gasteiger charge is -2.12. The van der Waals surface area contributed by atoms with Crippen molar-refractivity contribution in [1.29, 1.82) is 0 Å². The van der Waals surface area contributed by atoms with E-state index in [1.165, 1.54) is 24.2 Å². The normalized spacial score (nSPS) is 17.6. The van der Waals surface area contributed by atoms with E-state index in [1.54, 1.807) is 6.07 Å². The van der Waals surface area contributed by atoms with Crippen LogP contribution < -0.4 is 10.0 Å². The quantitative estimate of drug-likeness (QED) is 0.775. The standard InChI is InChI=1S/C13H22N2O2S2/c1-3-14-8-12-7-13(18-9-12)19(16,17)15-10(2)6-11-4-5-11/h7,9-11,14-15H,3-6,8H2,1-2H3. The van der Waals surface area contributed by atoms with Crippen molar-refractivity contribution >= 4 is 21.4 Å². The van der Waals surface area contributed by atoms with Gasteiger partial charge in [-0.3, -0.25) is 0 Å². The number of hydrogen-bond acceptors (Lipinski definition) is 4. The Morgan fingerprint density at radius 2 is 2.21 bits per heavy atom. The van der Waals surface area contributed by atoms with Gasteiger partial charge in [0.15, 0.2) is 0 Å². The van der Waals surface area contributed by atoms with Crippen molar-refractivity contribution in [2.24, 2.45) is 5.92 Å². The molecule has 1 aromatic rings. The molecule has 1 atom stereocenters. The highest BCUT2D eigenvalue weighted by Crippen LogP contribution is 2.33. The highest BCUT2D eigenvalue weighted by Gasteiger charge is 2.26. The average molecular weight is 302 g/mol. The second-order valence-corrected chi connectivity index (χ2v) is 8.11. The van der Waals surface area contributed by atoms with Crippen molar-refractivity contribution < 1.29 is 8.42 Å². The molecule has 1 fully saturated rings. The summed E-state index contributed by atoms with van der Waals surface area (Å²) in [5.74, 6) is 0.727. The molecule has 1 unspecified atom stereocenters. The molecule has 6 heteroatoms. The van der Waals surface area contributed by atoms with Gasteiger partial charge in [0, 0.05) is 12.6 Å². The van der Waals surface area contributed by atoms with Gasteiger partial charge in [-0.2, -0.15) is 0 Å². The molecular weight excluding hydrogens is 280 g/mol. The molecule has 1 heterocycles. The fourth-order valence-corrected chi connectivity index (χ4v) is 4.56. The van der Waals surface area contributed by atoms with Crippen LogP contribution >= 0.6 is 11.3 Å². The van der Waals surface area contributed by atoms with Crippen LogP contribution in [0.2, 0.25) is 0 Å². The molecule has 0 bridgehead atoms. The average Bonchev–Trinajstić information content (AvgIpc) is 3.00. The fourth-order valence-electron chi connectivity index (χ4n) is 2.08. The molecule has 19 heavy (non-hydrogen) atoms. The second kappa shape index (κ2) is 6.35. The molecule has 0 spiro atoms. The van der Waals surface area contributed by atoms with Gasteiger partial charge in [-0.25, -0.2) is 13.1 Å². The van der Waals surface area contributed by atoms with Gasteiger partial charge in [-0.1, -0.05) is 19.8 Å². The van der Waals surface area contributed by atoms with Crippen LogP contribution in [0.15, 0.2) is 15.7 Å². The third kappa shape index (κ3) is 4.56. The monoisotopic (exact) mass is 302 g/mol. The van der Waals surface area contributed by atoms with Crippen LogP contribution in [0.25, 0.3) is 0 Å². The minimum Gasteiger partial charge on any atom is -0.313 e. The molecule has 0 saturated heterocycles. The lowest BCUT2D eigenvalue weighted by molar-refractivity contribution is 0.531. The first kappa shape index (κ1) is 15.0. The number of nitrogens with one attached hydrogen (secondary N) is 2. The molecule has 1 saturated carbocycles. The maximum atomic E-state index is 12.2. The van der Waals surface area contributed by atoms with Gasteiger partial charge < -0.3 is 5.32 Å². The Morgan fingerprint density at radius 1 is 1.47 bits per heavy atom. The second-order valence-electron chi connectivity index (χ2n) is 5.26. The molecule has 2 N–H and O–H groups in total. The SMILES string of the molecule is CCNCc1csc(S(=O)(=O)NC(C)CC2CC2)c1. The van der Waals surface area contributed by atoms with Crippen molar-refractivity contribution in [2.45, 2.75) is 49.9 Å². The van der Waals surface area contributed by atoms with Crippen LogP contribution in [0.3, 0.4) is 0 Å². The molecule has 108 valence electrons. The maximum Gasteiger partial charge on any atom is 0.250 e. The Hall–Kier alpha value is -0.430. The highest BCUT2D eigenvalue weighted by molar-refractivity contribution is 7.91. The topological polar surface area (TPSA) is 58.2 Å². The first-order valence-electron chi connectivity index (χ1n) is 6.81. The maximum absolute atomic E-state index is 12.2. The predicted molar refractivity (Wildman–Crippen MR) is 78.8 cm³/mol. The Bertz CT molecular complexity index is 506. The van der Waals surface area contributed by atoms with E-state index < -0.39 is 10.0 Å². The largest absolute Gasteiger partial charge is 0.313 e. The summed E-state index contributed by atoms with van der Waals surface area (Å²) in [7, 11) is -3.34. The van der Waals surface area contributed by atoms with E-state index in [9.17, 15) is 8.42 Å². The molecule has 0 aromatic carbocycles. The summed E-state index contributed by atoms with van der Waals surface area (Å²) in [4.78, 5) is 0. The van der Waals surface area contributed by atoms with E-state index in [0.29, 0.717) is 4.21 Å². The van der Waals surface area contributed by atoms with Gasteiger partial charge >= 0.3 is 0 Å². The zero-order valence-corrected chi connectivity index (χ0v) is 13.1. The summed E-state index contributed by atoms with van der Waals surface area (Å²) in [5, 5.41) is 5.10.